The molecule has 0 saturated heterocycles. The highest BCUT2D eigenvalue weighted by Gasteiger charge is 2.14. The van der Waals surface area contributed by atoms with Crippen molar-refractivity contribution in [2.75, 3.05) is 0 Å². The first-order valence-corrected chi connectivity index (χ1v) is 5.90. The number of hydrogen-bond acceptors (Lipinski definition) is 2. The second kappa shape index (κ2) is 4.11. The topological polar surface area (TPSA) is 54.4 Å². The third-order valence-corrected chi connectivity index (χ3v) is 2.83. The molecule has 0 heterocycles. The van der Waals surface area contributed by atoms with Crippen molar-refractivity contribution in [1.82, 2.24) is 0 Å². The minimum absolute atomic E-state index is 0.0219. The van der Waals surface area contributed by atoms with Crippen LogP contribution in [0.15, 0.2) is 29.2 Å². The molecule has 14 heavy (non-hydrogen) atoms. The largest absolute Gasteiger partial charge is 0.294 e. The number of rotatable bonds is 3. The Morgan fingerprint density at radius 1 is 1.29 bits per heavy atom. The van der Waals surface area contributed by atoms with Crippen molar-refractivity contribution in [2.45, 2.75) is 25.2 Å². The second-order valence-electron chi connectivity index (χ2n) is 3.68. The predicted octanol–water partition coefficient (Wildman–Crippen LogP) is 2.13. The molecule has 3 nitrogen and oxygen atoms in total. The van der Waals surface area contributed by atoms with Gasteiger partial charge in [-0.05, 0) is 24.0 Å². The van der Waals surface area contributed by atoms with Crippen molar-refractivity contribution in [3.63, 3.8) is 0 Å². The molecule has 0 atom stereocenters. The Morgan fingerprint density at radius 2 is 1.86 bits per heavy atom. The van der Waals surface area contributed by atoms with Gasteiger partial charge < -0.3 is 0 Å². The zero-order valence-corrected chi connectivity index (χ0v) is 9.08. The molecule has 1 aromatic carbocycles. The quantitative estimate of drug-likeness (QED) is 0.784. The van der Waals surface area contributed by atoms with E-state index in [2.05, 4.69) is 0 Å². The van der Waals surface area contributed by atoms with Gasteiger partial charge in [-0.25, -0.2) is 0 Å². The standard InChI is InChI=1S/C10H14O3S/c1-8(2)7-9-5-3-4-6-10(9)14(11,12)13/h3-6,8H,7H2,1-2H3,(H,11,12,13). The smallest absolute Gasteiger partial charge is 0.282 e. The Hall–Kier alpha value is -0.870. The Kier molecular flexibility index (Phi) is 3.29. The maximum atomic E-state index is 11.0. The van der Waals surface area contributed by atoms with Crippen LogP contribution < -0.4 is 0 Å². The minimum Gasteiger partial charge on any atom is -0.282 e. The molecule has 0 unspecified atom stereocenters. The molecule has 1 N–H and O–H groups in total. The Balaban J connectivity index is 3.17. The van der Waals surface area contributed by atoms with Crippen LogP contribution in [0.4, 0.5) is 0 Å². The highest BCUT2D eigenvalue weighted by molar-refractivity contribution is 7.85. The van der Waals surface area contributed by atoms with Crippen molar-refractivity contribution in [3.05, 3.63) is 29.8 Å². The van der Waals surface area contributed by atoms with E-state index in [1.807, 2.05) is 13.8 Å². The lowest BCUT2D eigenvalue weighted by atomic mass is 10.0. The summed E-state index contributed by atoms with van der Waals surface area (Å²) in [4.78, 5) is 0.0219. The molecule has 0 bridgehead atoms. The second-order valence-corrected chi connectivity index (χ2v) is 5.07. The fourth-order valence-electron chi connectivity index (χ4n) is 1.36. The third kappa shape index (κ3) is 2.82. The first-order valence-electron chi connectivity index (χ1n) is 4.46. The van der Waals surface area contributed by atoms with E-state index < -0.39 is 10.1 Å². The van der Waals surface area contributed by atoms with E-state index in [1.54, 1.807) is 18.2 Å². The van der Waals surface area contributed by atoms with Gasteiger partial charge in [0.15, 0.2) is 0 Å². The van der Waals surface area contributed by atoms with Crippen molar-refractivity contribution < 1.29 is 13.0 Å². The molecule has 0 aliphatic carbocycles. The van der Waals surface area contributed by atoms with Gasteiger partial charge >= 0.3 is 0 Å². The van der Waals surface area contributed by atoms with E-state index in [4.69, 9.17) is 4.55 Å². The number of hydrogen-bond donors (Lipinski definition) is 1. The van der Waals surface area contributed by atoms with Gasteiger partial charge in [-0.3, -0.25) is 4.55 Å². The Bertz CT molecular complexity index is 407. The van der Waals surface area contributed by atoms with Gasteiger partial charge in [0.2, 0.25) is 0 Å². The molecule has 4 heteroatoms. The van der Waals surface area contributed by atoms with Gasteiger partial charge in [0.05, 0.1) is 4.90 Å². The van der Waals surface area contributed by atoms with Gasteiger partial charge in [-0.15, -0.1) is 0 Å². The Labute approximate surface area is 84.5 Å². The molecule has 1 rings (SSSR count). The molecular weight excluding hydrogens is 200 g/mol. The minimum atomic E-state index is -4.08. The molecule has 0 aromatic heterocycles. The van der Waals surface area contributed by atoms with Crippen LogP contribution in [0.25, 0.3) is 0 Å². The van der Waals surface area contributed by atoms with E-state index in [0.29, 0.717) is 17.9 Å². The van der Waals surface area contributed by atoms with Crippen molar-refractivity contribution in [3.8, 4) is 0 Å². The average molecular weight is 214 g/mol. The maximum absolute atomic E-state index is 11.0. The number of benzene rings is 1. The third-order valence-electron chi connectivity index (χ3n) is 1.88. The summed E-state index contributed by atoms with van der Waals surface area (Å²) >= 11 is 0. The summed E-state index contributed by atoms with van der Waals surface area (Å²) in [6.45, 7) is 4.00. The van der Waals surface area contributed by atoms with Gasteiger partial charge in [-0.1, -0.05) is 32.0 Å². The van der Waals surface area contributed by atoms with E-state index in [1.165, 1.54) is 6.07 Å². The van der Waals surface area contributed by atoms with Crippen LogP contribution in [0.2, 0.25) is 0 Å². The molecular formula is C10H14O3S. The normalized spacial score (nSPS) is 12.0. The molecule has 0 aliphatic heterocycles. The van der Waals surface area contributed by atoms with E-state index >= 15 is 0 Å². The zero-order chi connectivity index (χ0) is 10.8. The van der Waals surface area contributed by atoms with Crippen molar-refractivity contribution >= 4 is 10.1 Å². The van der Waals surface area contributed by atoms with Crippen LogP contribution in [0.3, 0.4) is 0 Å². The maximum Gasteiger partial charge on any atom is 0.294 e. The summed E-state index contributed by atoms with van der Waals surface area (Å²) in [5.41, 5.74) is 0.671. The van der Waals surface area contributed by atoms with E-state index in [9.17, 15) is 8.42 Å². The summed E-state index contributed by atoms with van der Waals surface area (Å²) in [6, 6.07) is 6.52. The van der Waals surface area contributed by atoms with Gasteiger partial charge in [0, 0.05) is 0 Å². The Morgan fingerprint density at radius 3 is 2.36 bits per heavy atom. The van der Waals surface area contributed by atoms with Crippen molar-refractivity contribution in [1.29, 1.82) is 0 Å². The molecule has 0 saturated carbocycles. The predicted molar refractivity (Wildman–Crippen MR) is 54.8 cm³/mol. The molecule has 1 aromatic rings. The van der Waals surface area contributed by atoms with Gasteiger partial charge in [0.1, 0.15) is 0 Å². The molecule has 0 fully saturated rings. The van der Waals surface area contributed by atoms with E-state index in [0.717, 1.165) is 0 Å². The summed E-state index contributed by atoms with van der Waals surface area (Å²) in [5.74, 6) is 0.359. The fraction of sp³-hybridized carbons (Fsp3) is 0.400. The monoisotopic (exact) mass is 214 g/mol. The first-order chi connectivity index (χ1) is 6.41. The van der Waals surface area contributed by atoms with Crippen LogP contribution in [0.1, 0.15) is 19.4 Å². The zero-order valence-electron chi connectivity index (χ0n) is 8.27. The highest BCUT2D eigenvalue weighted by atomic mass is 32.2. The first kappa shape index (κ1) is 11.2. The SMILES string of the molecule is CC(C)Cc1ccccc1S(=O)(=O)O. The summed E-state index contributed by atoms with van der Waals surface area (Å²) < 4.78 is 30.9. The summed E-state index contributed by atoms with van der Waals surface area (Å²) in [6.07, 6.45) is 0.649. The van der Waals surface area contributed by atoms with Crippen molar-refractivity contribution in [2.24, 2.45) is 5.92 Å². The van der Waals surface area contributed by atoms with Crippen LogP contribution in [-0.4, -0.2) is 13.0 Å². The summed E-state index contributed by atoms with van der Waals surface area (Å²) in [5, 5.41) is 0. The highest BCUT2D eigenvalue weighted by Crippen LogP contribution is 2.18. The molecule has 0 spiro atoms. The average Bonchev–Trinajstić information content (AvgIpc) is 2.01. The lowest BCUT2D eigenvalue weighted by molar-refractivity contribution is 0.481. The molecule has 78 valence electrons. The van der Waals surface area contributed by atoms with Crippen LogP contribution in [0.5, 0.6) is 0 Å². The van der Waals surface area contributed by atoms with E-state index in [-0.39, 0.29) is 4.90 Å². The summed E-state index contributed by atoms with van der Waals surface area (Å²) in [7, 11) is -4.08. The van der Waals surface area contributed by atoms with Crippen LogP contribution in [0, 0.1) is 5.92 Å². The molecule has 0 aliphatic rings. The lowest BCUT2D eigenvalue weighted by Crippen LogP contribution is -2.05. The molecule has 0 amide bonds. The van der Waals surface area contributed by atoms with Gasteiger partial charge in [-0.2, -0.15) is 8.42 Å². The fourth-order valence-corrected chi connectivity index (χ4v) is 2.10. The molecule has 0 radical (unpaired) electrons. The van der Waals surface area contributed by atoms with Crippen LogP contribution in [-0.2, 0) is 16.5 Å². The van der Waals surface area contributed by atoms with Crippen LogP contribution >= 0.6 is 0 Å². The van der Waals surface area contributed by atoms with Gasteiger partial charge in [0.25, 0.3) is 10.1 Å². The lowest BCUT2D eigenvalue weighted by Gasteiger charge is -2.08.